The third kappa shape index (κ3) is 2.41. The predicted molar refractivity (Wildman–Crippen MR) is 66.5 cm³/mol. The molecule has 0 aromatic rings. The molecule has 3 nitrogen and oxygen atoms in total. The van der Waals surface area contributed by atoms with Crippen LogP contribution in [0.2, 0.25) is 0 Å². The van der Waals surface area contributed by atoms with E-state index in [1.807, 2.05) is 13.8 Å². The van der Waals surface area contributed by atoms with E-state index in [9.17, 15) is 5.11 Å². The van der Waals surface area contributed by atoms with Crippen LogP contribution in [0.3, 0.4) is 0 Å². The quantitative estimate of drug-likeness (QED) is 0.743. The van der Waals surface area contributed by atoms with Crippen LogP contribution >= 0.6 is 0 Å². The van der Waals surface area contributed by atoms with E-state index in [1.165, 1.54) is 19.4 Å². The van der Waals surface area contributed by atoms with Gasteiger partial charge in [-0.2, -0.15) is 0 Å². The summed E-state index contributed by atoms with van der Waals surface area (Å²) >= 11 is 0. The van der Waals surface area contributed by atoms with Gasteiger partial charge >= 0.3 is 0 Å². The van der Waals surface area contributed by atoms with Gasteiger partial charge in [0.05, 0.1) is 5.60 Å². The van der Waals surface area contributed by atoms with Crippen LogP contribution < -0.4 is 5.32 Å². The molecule has 3 heteroatoms. The Bertz CT molecular complexity index is 237. The molecule has 0 amide bonds. The normalized spacial score (nSPS) is 37.9. The highest BCUT2D eigenvalue weighted by molar-refractivity contribution is 4.96. The summed E-state index contributed by atoms with van der Waals surface area (Å²) in [6, 6.07) is 1.03. The Labute approximate surface area is 99.2 Å². The smallest absolute Gasteiger partial charge is 0.0746 e. The zero-order chi connectivity index (χ0) is 11.8. The average Bonchev–Trinajstić information content (AvgIpc) is 2.66. The molecule has 0 aromatic carbocycles. The van der Waals surface area contributed by atoms with Crippen LogP contribution in [-0.4, -0.2) is 47.3 Å². The van der Waals surface area contributed by atoms with Crippen LogP contribution in [0.5, 0.6) is 0 Å². The molecule has 2 aliphatic heterocycles. The molecule has 16 heavy (non-hydrogen) atoms. The van der Waals surface area contributed by atoms with Crippen molar-refractivity contribution in [1.29, 1.82) is 0 Å². The predicted octanol–water partition coefficient (Wildman–Crippen LogP) is 1.22. The van der Waals surface area contributed by atoms with Crippen molar-refractivity contribution < 1.29 is 5.11 Å². The minimum Gasteiger partial charge on any atom is -0.389 e. The fourth-order valence-electron chi connectivity index (χ4n) is 3.44. The third-order valence-corrected chi connectivity index (χ3v) is 4.28. The maximum Gasteiger partial charge on any atom is 0.0746 e. The van der Waals surface area contributed by atoms with Crippen molar-refractivity contribution in [3.63, 3.8) is 0 Å². The van der Waals surface area contributed by atoms with Gasteiger partial charge in [0.1, 0.15) is 0 Å². The molecule has 94 valence electrons. The fraction of sp³-hybridized carbons (Fsp3) is 1.00. The maximum absolute atomic E-state index is 10.2. The minimum absolute atomic E-state index is 0.359. The first-order valence-corrected chi connectivity index (χ1v) is 6.69. The molecule has 0 aliphatic carbocycles. The molecular formula is C13H26N2O. The van der Waals surface area contributed by atoms with Crippen molar-refractivity contribution in [3.05, 3.63) is 0 Å². The SMILES string of the molecule is C[C@H]1CNCC[C@@H]1N1CCC[C@H]1C(C)(C)O. The molecule has 0 saturated carbocycles. The van der Waals surface area contributed by atoms with Crippen molar-refractivity contribution >= 4 is 0 Å². The first kappa shape index (κ1) is 12.3. The minimum atomic E-state index is -0.554. The van der Waals surface area contributed by atoms with E-state index in [0.29, 0.717) is 18.0 Å². The van der Waals surface area contributed by atoms with Crippen molar-refractivity contribution in [2.24, 2.45) is 5.92 Å². The van der Waals surface area contributed by atoms with Crippen LogP contribution in [0.1, 0.15) is 40.0 Å². The van der Waals surface area contributed by atoms with Gasteiger partial charge < -0.3 is 10.4 Å². The molecule has 0 radical (unpaired) electrons. The fourth-order valence-corrected chi connectivity index (χ4v) is 3.44. The van der Waals surface area contributed by atoms with Gasteiger partial charge in [-0.15, -0.1) is 0 Å². The topological polar surface area (TPSA) is 35.5 Å². The van der Waals surface area contributed by atoms with Gasteiger partial charge in [0.25, 0.3) is 0 Å². The lowest BCUT2D eigenvalue weighted by molar-refractivity contribution is -0.0298. The van der Waals surface area contributed by atoms with E-state index in [0.717, 1.165) is 19.5 Å². The largest absolute Gasteiger partial charge is 0.389 e. The molecule has 2 fully saturated rings. The molecule has 2 N–H and O–H groups in total. The van der Waals surface area contributed by atoms with Crippen molar-refractivity contribution in [2.75, 3.05) is 19.6 Å². The number of aliphatic hydroxyl groups is 1. The Morgan fingerprint density at radius 3 is 2.69 bits per heavy atom. The van der Waals surface area contributed by atoms with Crippen molar-refractivity contribution in [1.82, 2.24) is 10.2 Å². The van der Waals surface area contributed by atoms with Gasteiger partial charge in [-0.3, -0.25) is 4.90 Å². The van der Waals surface area contributed by atoms with Gasteiger partial charge in [0.2, 0.25) is 0 Å². The summed E-state index contributed by atoms with van der Waals surface area (Å²) in [5.41, 5.74) is -0.554. The molecule has 2 heterocycles. The Hall–Kier alpha value is -0.120. The Morgan fingerprint density at radius 2 is 2.06 bits per heavy atom. The van der Waals surface area contributed by atoms with Crippen LogP contribution in [0, 0.1) is 5.92 Å². The van der Waals surface area contributed by atoms with Gasteiger partial charge in [-0.05, 0) is 58.7 Å². The van der Waals surface area contributed by atoms with Gasteiger partial charge in [-0.25, -0.2) is 0 Å². The van der Waals surface area contributed by atoms with Crippen LogP contribution in [0.4, 0.5) is 0 Å². The summed E-state index contributed by atoms with van der Waals surface area (Å²) in [5.74, 6) is 0.705. The van der Waals surface area contributed by atoms with Gasteiger partial charge in [-0.1, -0.05) is 6.92 Å². The van der Waals surface area contributed by atoms with E-state index >= 15 is 0 Å². The molecule has 2 aliphatic rings. The van der Waals surface area contributed by atoms with Crippen molar-refractivity contribution in [3.8, 4) is 0 Å². The number of likely N-dealkylation sites (tertiary alicyclic amines) is 1. The zero-order valence-corrected chi connectivity index (χ0v) is 10.9. The second kappa shape index (κ2) is 4.63. The average molecular weight is 226 g/mol. The molecule has 0 bridgehead atoms. The van der Waals surface area contributed by atoms with Crippen LogP contribution in [0.15, 0.2) is 0 Å². The number of rotatable bonds is 2. The van der Waals surface area contributed by atoms with Crippen molar-refractivity contribution in [2.45, 2.75) is 57.7 Å². The molecule has 0 aromatic heterocycles. The van der Waals surface area contributed by atoms with Gasteiger partial charge in [0, 0.05) is 12.1 Å². The molecule has 2 rings (SSSR count). The van der Waals surface area contributed by atoms with Gasteiger partial charge in [0.15, 0.2) is 0 Å². The van der Waals surface area contributed by atoms with E-state index in [1.54, 1.807) is 0 Å². The number of nitrogens with one attached hydrogen (secondary N) is 1. The number of hydrogen-bond acceptors (Lipinski definition) is 3. The Kier molecular flexibility index (Phi) is 3.57. The van der Waals surface area contributed by atoms with E-state index in [2.05, 4.69) is 17.1 Å². The summed E-state index contributed by atoms with van der Waals surface area (Å²) in [4.78, 5) is 2.57. The highest BCUT2D eigenvalue weighted by atomic mass is 16.3. The highest BCUT2D eigenvalue weighted by Crippen LogP contribution is 2.32. The van der Waals surface area contributed by atoms with Crippen LogP contribution in [-0.2, 0) is 0 Å². The lowest BCUT2D eigenvalue weighted by atomic mass is 9.89. The molecular weight excluding hydrogens is 200 g/mol. The van der Waals surface area contributed by atoms with E-state index in [4.69, 9.17) is 0 Å². The lowest BCUT2D eigenvalue weighted by Crippen LogP contribution is -2.55. The first-order chi connectivity index (χ1) is 7.50. The summed E-state index contributed by atoms with van der Waals surface area (Å²) < 4.78 is 0. The second-order valence-electron chi connectivity index (χ2n) is 6.09. The van der Waals surface area contributed by atoms with E-state index < -0.39 is 5.60 Å². The monoisotopic (exact) mass is 226 g/mol. The number of nitrogens with zero attached hydrogens (tertiary/aromatic N) is 1. The second-order valence-corrected chi connectivity index (χ2v) is 6.09. The number of hydrogen-bond donors (Lipinski definition) is 2. The summed E-state index contributed by atoms with van der Waals surface area (Å²) in [6.45, 7) is 9.67. The first-order valence-electron chi connectivity index (χ1n) is 6.69. The summed E-state index contributed by atoms with van der Waals surface area (Å²) in [7, 11) is 0. The molecule has 3 atom stereocenters. The standard InChI is InChI=1S/C13H26N2O/c1-10-9-14-7-6-11(10)15-8-4-5-12(15)13(2,3)16/h10-12,14,16H,4-9H2,1-3H3/t10-,11-,12-/m0/s1. The summed E-state index contributed by atoms with van der Waals surface area (Å²) in [5, 5.41) is 13.7. The Balaban J connectivity index is 2.07. The Morgan fingerprint density at radius 1 is 1.31 bits per heavy atom. The third-order valence-electron chi connectivity index (χ3n) is 4.28. The summed E-state index contributed by atoms with van der Waals surface area (Å²) in [6.07, 6.45) is 3.62. The molecule has 0 unspecified atom stereocenters. The maximum atomic E-state index is 10.2. The molecule has 0 spiro atoms. The zero-order valence-electron chi connectivity index (χ0n) is 10.9. The molecule has 2 saturated heterocycles. The highest BCUT2D eigenvalue weighted by Gasteiger charge is 2.41. The number of piperidine rings is 1. The van der Waals surface area contributed by atoms with E-state index in [-0.39, 0.29) is 0 Å². The lowest BCUT2D eigenvalue weighted by Gasteiger charge is -2.43. The van der Waals surface area contributed by atoms with Crippen LogP contribution in [0.25, 0.3) is 0 Å².